The lowest BCUT2D eigenvalue weighted by molar-refractivity contribution is -0.143. The molecule has 0 aliphatic heterocycles. The molecule has 1 unspecified atom stereocenters. The van der Waals surface area contributed by atoms with Crippen molar-refractivity contribution in [3.63, 3.8) is 0 Å². The van der Waals surface area contributed by atoms with Crippen molar-refractivity contribution in [2.75, 3.05) is 7.11 Å². The van der Waals surface area contributed by atoms with Gasteiger partial charge in [0, 0.05) is 0 Å². The van der Waals surface area contributed by atoms with Crippen molar-refractivity contribution in [1.82, 2.24) is 5.48 Å². The molecule has 1 atom stereocenters. The summed E-state index contributed by atoms with van der Waals surface area (Å²) >= 11 is 0. The van der Waals surface area contributed by atoms with Crippen LogP contribution in [0.5, 0.6) is 0 Å². The monoisotopic (exact) mass is 133 g/mol. The number of hydrogen-bond donors (Lipinski definition) is 2. The second-order valence-electron chi connectivity index (χ2n) is 1.62. The van der Waals surface area contributed by atoms with Crippen molar-refractivity contribution >= 4 is 5.97 Å². The highest BCUT2D eigenvalue weighted by Crippen LogP contribution is 1.88. The normalized spacial score (nSPS) is 13.1. The van der Waals surface area contributed by atoms with Crippen LogP contribution in [-0.4, -0.2) is 24.2 Å². The van der Waals surface area contributed by atoms with Gasteiger partial charge in [-0.25, -0.2) is 0 Å². The third-order valence-electron chi connectivity index (χ3n) is 0.966. The van der Waals surface area contributed by atoms with Crippen molar-refractivity contribution < 1.29 is 14.7 Å². The van der Waals surface area contributed by atoms with Gasteiger partial charge in [-0.1, -0.05) is 6.92 Å². The number of carboxylic acid groups (broad SMARTS) is 1. The first-order chi connectivity index (χ1) is 4.22. The summed E-state index contributed by atoms with van der Waals surface area (Å²) in [5.41, 5.74) is 2.33. The van der Waals surface area contributed by atoms with Crippen molar-refractivity contribution in [3.8, 4) is 0 Å². The summed E-state index contributed by atoms with van der Waals surface area (Å²) < 4.78 is 0. The molecule has 2 N–H and O–H groups in total. The highest BCUT2D eigenvalue weighted by Gasteiger charge is 2.12. The Hall–Kier alpha value is -0.610. The van der Waals surface area contributed by atoms with E-state index < -0.39 is 12.0 Å². The predicted molar refractivity (Wildman–Crippen MR) is 31.9 cm³/mol. The van der Waals surface area contributed by atoms with E-state index in [-0.39, 0.29) is 0 Å². The first-order valence-corrected chi connectivity index (χ1v) is 2.73. The number of rotatable bonds is 4. The summed E-state index contributed by atoms with van der Waals surface area (Å²) in [5, 5.41) is 8.36. The fraction of sp³-hybridized carbons (Fsp3) is 0.800. The fourth-order valence-electron chi connectivity index (χ4n) is 0.451. The van der Waals surface area contributed by atoms with Gasteiger partial charge in [-0.3, -0.25) is 4.79 Å². The third kappa shape index (κ3) is 3.05. The van der Waals surface area contributed by atoms with Gasteiger partial charge in [0.05, 0.1) is 7.11 Å². The Morgan fingerprint density at radius 1 is 1.89 bits per heavy atom. The van der Waals surface area contributed by atoms with Crippen LogP contribution >= 0.6 is 0 Å². The highest BCUT2D eigenvalue weighted by molar-refractivity contribution is 5.73. The SMILES string of the molecule is CCC(NOC)C(=O)O. The van der Waals surface area contributed by atoms with E-state index in [9.17, 15) is 4.79 Å². The summed E-state index contributed by atoms with van der Waals surface area (Å²) in [4.78, 5) is 14.6. The summed E-state index contributed by atoms with van der Waals surface area (Å²) in [6.07, 6.45) is 0.517. The van der Waals surface area contributed by atoms with Crippen molar-refractivity contribution in [2.45, 2.75) is 19.4 Å². The van der Waals surface area contributed by atoms with E-state index in [0.29, 0.717) is 6.42 Å². The van der Waals surface area contributed by atoms with Gasteiger partial charge in [0.15, 0.2) is 0 Å². The molecule has 0 rings (SSSR count). The maximum atomic E-state index is 10.2. The van der Waals surface area contributed by atoms with Crippen LogP contribution in [-0.2, 0) is 9.63 Å². The Kier molecular flexibility index (Phi) is 4.00. The second kappa shape index (κ2) is 4.29. The van der Waals surface area contributed by atoms with Crippen LogP contribution in [0.1, 0.15) is 13.3 Å². The van der Waals surface area contributed by atoms with E-state index in [1.807, 2.05) is 0 Å². The van der Waals surface area contributed by atoms with E-state index in [4.69, 9.17) is 5.11 Å². The minimum Gasteiger partial charge on any atom is -0.480 e. The smallest absolute Gasteiger partial charge is 0.323 e. The Balaban J connectivity index is 3.54. The molecular weight excluding hydrogens is 122 g/mol. The Labute approximate surface area is 53.8 Å². The molecule has 4 nitrogen and oxygen atoms in total. The van der Waals surface area contributed by atoms with Crippen molar-refractivity contribution in [1.29, 1.82) is 0 Å². The minimum absolute atomic E-state index is 0.517. The molecule has 0 aliphatic carbocycles. The van der Waals surface area contributed by atoms with E-state index >= 15 is 0 Å². The molecule has 0 aliphatic rings. The van der Waals surface area contributed by atoms with Crippen LogP contribution in [0.4, 0.5) is 0 Å². The average Bonchev–Trinajstić information content (AvgIpc) is 1.82. The quantitative estimate of drug-likeness (QED) is 0.530. The number of aliphatic carboxylic acids is 1. The lowest BCUT2D eigenvalue weighted by atomic mass is 10.2. The van der Waals surface area contributed by atoms with Gasteiger partial charge in [0.25, 0.3) is 0 Å². The molecule has 54 valence electrons. The maximum Gasteiger partial charge on any atom is 0.323 e. The Morgan fingerprint density at radius 2 is 2.44 bits per heavy atom. The largest absolute Gasteiger partial charge is 0.480 e. The number of hydrogen-bond acceptors (Lipinski definition) is 3. The molecule has 0 amide bonds. The zero-order valence-electron chi connectivity index (χ0n) is 5.55. The second-order valence-corrected chi connectivity index (χ2v) is 1.62. The number of hydroxylamine groups is 1. The summed E-state index contributed by atoms with van der Waals surface area (Å²) in [6, 6.07) is -0.588. The molecule has 0 aromatic heterocycles. The lowest BCUT2D eigenvalue weighted by Gasteiger charge is -2.07. The molecule has 0 heterocycles. The predicted octanol–water partition coefficient (Wildman–Crippen LogP) is 0.000600. The van der Waals surface area contributed by atoms with Gasteiger partial charge in [-0.15, -0.1) is 0 Å². The van der Waals surface area contributed by atoms with E-state index in [1.54, 1.807) is 6.92 Å². The van der Waals surface area contributed by atoms with Gasteiger partial charge in [-0.05, 0) is 6.42 Å². The zero-order chi connectivity index (χ0) is 7.28. The molecule has 0 aromatic carbocycles. The Bertz CT molecular complexity index is 94.2. The van der Waals surface area contributed by atoms with Crippen LogP contribution in [0, 0.1) is 0 Å². The number of nitrogens with one attached hydrogen (secondary N) is 1. The molecule has 0 aromatic rings. The van der Waals surface area contributed by atoms with E-state index in [1.165, 1.54) is 7.11 Å². The van der Waals surface area contributed by atoms with Crippen LogP contribution in [0.15, 0.2) is 0 Å². The number of carbonyl (C=O) groups is 1. The summed E-state index contributed by atoms with van der Waals surface area (Å²) in [6.45, 7) is 1.77. The van der Waals surface area contributed by atoms with Gasteiger partial charge in [-0.2, -0.15) is 5.48 Å². The average molecular weight is 133 g/mol. The van der Waals surface area contributed by atoms with Crippen LogP contribution in [0.25, 0.3) is 0 Å². The van der Waals surface area contributed by atoms with Crippen LogP contribution in [0.3, 0.4) is 0 Å². The lowest BCUT2D eigenvalue weighted by Crippen LogP contribution is -2.34. The maximum absolute atomic E-state index is 10.2. The van der Waals surface area contributed by atoms with Gasteiger partial charge >= 0.3 is 5.97 Å². The zero-order valence-corrected chi connectivity index (χ0v) is 5.55. The molecule has 0 radical (unpaired) electrons. The molecule has 0 bridgehead atoms. The Morgan fingerprint density at radius 3 is 2.56 bits per heavy atom. The van der Waals surface area contributed by atoms with Crippen molar-refractivity contribution in [2.24, 2.45) is 0 Å². The van der Waals surface area contributed by atoms with E-state index in [0.717, 1.165) is 0 Å². The van der Waals surface area contributed by atoms with Gasteiger partial charge < -0.3 is 9.94 Å². The molecule has 0 fully saturated rings. The topological polar surface area (TPSA) is 58.6 Å². The summed E-state index contributed by atoms with van der Waals surface area (Å²) in [5.74, 6) is -0.889. The fourth-order valence-corrected chi connectivity index (χ4v) is 0.451. The first-order valence-electron chi connectivity index (χ1n) is 2.73. The van der Waals surface area contributed by atoms with Gasteiger partial charge in [0.1, 0.15) is 6.04 Å². The molecule has 4 heteroatoms. The molecule has 0 spiro atoms. The van der Waals surface area contributed by atoms with Crippen LogP contribution in [0.2, 0.25) is 0 Å². The van der Waals surface area contributed by atoms with E-state index in [2.05, 4.69) is 10.3 Å². The first kappa shape index (κ1) is 8.39. The third-order valence-corrected chi connectivity index (χ3v) is 0.966. The standard InChI is InChI=1S/C5H11NO3/c1-3-4(5(7)8)6-9-2/h4,6H,3H2,1-2H3,(H,7,8). The minimum atomic E-state index is -0.889. The molecular formula is C5H11NO3. The molecule has 0 saturated carbocycles. The molecule has 9 heavy (non-hydrogen) atoms. The highest BCUT2D eigenvalue weighted by atomic mass is 16.6. The van der Waals surface area contributed by atoms with Gasteiger partial charge in [0.2, 0.25) is 0 Å². The summed E-state index contributed by atoms with van der Waals surface area (Å²) in [7, 11) is 1.39. The molecule has 0 saturated heterocycles. The number of carboxylic acids is 1. The van der Waals surface area contributed by atoms with Crippen LogP contribution < -0.4 is 5.48 Å². The van der Waals surface area contributed by atoms with Crippen molar-refractivity contribution in [3.05, 3.63) is 0 Å².